The van der Waals surface area contributed by atoms with E-state index in [-0.39, 0.29) is 26.3 Å². The first-order chi connectivity index (χ1) is 7.68. The number of rotatable bonds is 2. The molecule has 17 heavy (non-hydrogen) atoms. The molecule has 0 unspecified atom stereocenters. The standard InChI is InChI=1S/C9H11F6NO/c1-6(10)7(8(11,12)9(13,14)15)16-2-4-17-5-3-16/h2-5H2,1H3. The minimum Gasteiger partial charge on any atom is -0.378 e. The van der Waals surface area contributed by atoms with Crippen molar-refractivity contribution < 1.29 is 31.1 Å². The zero-order valence-electron chi connectivity index (χ0n) is 8.95. The van der Waals surface area contributed by atoms with Gasteiger partial charge in [-0.2, -0.15) is 22.0 Å². The number of morpholine rings is 1. The average Bonchev–Trinajstić information content (AvgIpc) is 2.16. The minimum absolute atomic E-state index is 0.00921. The molecule has 0 radical (unpaired) electrons. The highest BCUT2D eigenvalue weighted by molar-refractivity contribution is 5.18. The van der Waals surface area contributed by atoms with Crippen LogP contribution in [0.5, 0.6) is 0 Å². The van der Waals surface area contributed by atoms with Gasteiger partial charge in [0, 0.05) is 13.1 Å². The molecule has 1 fully saturated rings. The summed E-state index contributed by atoms with van der Waals surface area (Å²) in [6.07, 6.45) is -5.81. The van der Waals surface area contributed by atoms with Crippen LogP contribution in [0.4, 0.5) is 26.3 Å². The van der Waals surface area contributed by atoms with E-state index in [1.165, 1.54) is 0 Å². The summed E-state index contributed by atoms with van der Waals surface area (Å²) in [5.41, 5.74) is -1.62. The highest BCUT2D eigenvalue weighted by atomic mass is 19.4. The maximum Gasteiger partial charge on any atom is 0.459 e. The van der Waals surface area contributed by atoms with Gasteiger partial charge in [-0.05, 0) is 6.92 Å². The molecule has 0 spiro atoms. The van der Waals surface area contributed by atoms with Crippen molar-refractivity contribution in [3.63, 3.8) is 0 Å². The Morgan fingerprint density at radius 3 is 1.88 bits per heavy atom. The lowest BCUT2D eigenvalue weighted by Gasteiger charge is -2.35. The van der Waals surface area contributed by atoms with Crippen LogP contribution in [0.1, 0.15) is 6.92 Å². The number of nitrogens with zero attached hydrogens (tertiary/aromatic N) is 1. The van der Waals surface area contributed by atoms with Crippen LogP contribution in [0.25, 0.3) is 0 Å². The van der Waals surface area contributed by atoms with E-state index in [0.717, 1.165) is 0 Å². The summed E-state index contributed by atoms with van der Waals surface area (Å²) in [4.78, 5) is 0.673. The summed E-state index contributed by atoms with van der Waals surface area (Å²) in [5.74, 6) is -6.72. The fraction of sp³-hybridized carbons (Fsp3) is 0.778. The molecule has 0 aromatic rings. The van der Waals surface area contributed by atoms with Crippen molar-refractivity contribution >= 4 is 0 Å². The third kappa shape index (κ3) is 2.85. The molecule has 8 heteroatoms. The summed E-state index contributed by atoms with van der Waals surface area (Å²) < 4.78 is 80.6. The van der Waals surface area contributed by atoms with E-state index in [9.17, 15) is 26.3 Å². The molecule has 1 heterocycles. The van der Waals surface area contributed by atoms with Crippen LogP contribution >= 0.6 is 0 Å². The van der Waals surface area contributed by atoms with Crippen LogP contribution in [0.3, 0.4) is 0 Å². The Bertz CT molecular complexity index is 301. The zero-order valence-corrected chi connectivity index (χ0v) is 8.95. The van der Waals surface area contributed by atoms with E-state index < -0.39 is 23.6 Å². The number of alkyl halides is 5. The van der Waals surface area contributed by atoms with Gasteiger partial charge in [0.25, 0.3) is 0 Å². The van der Waals surface area contributed by atoms with Crippen molar-refractivity contribution in [3.8, 4) is 0 Å². The van der Waals surface area contributed by atoms with E-state index >= 15 is 0 Å². The van der Waals surface area contributed by atoms with Gasteiger partial charge in [-0.25, -0.2) is 4.39 Å². The van der Waals surface area contributed by atoms with Gasteiger partial charge in [0.2, 0.25) is 0 Å². The Labute approximate surface area is 93.8 Å². The molecule has 2 nitrogen and oxygen atoms in total. The van der Waals surface area contributed by atoms with Gasteiger partial charge in [-0.1, -0.05) is 0 Å². The SMILES string of the molecule is CC(F)=C(N1CCOCC1)C(F)(F)C(F)(F)F. The molecular formula is C9H11F6NO. The lowest BCUT2D eigenvalue weighted by molar-refractivity contribution is -0.272. The van der Waals surface area contributed by atoms with Crippen molar-refractivity contribution in [1.29, 1.82) is 0 Å². The summed E-state index contributed by atoms with van der Waals surface area (Å²) in [7, 11) is 0. The maximum absolute atomic E-state index is 13.1. The van der Waals surface area contributed by atoms with Crippen molar-refractivity contribution in [2.45, 2.75) is 19.0 Å². The van der Waals surface area contributed by atoms with Crippen molar-refractivity contribution in [1.82, 2.24) is 4.90 Å². The first kappa shape index (κ1) is 14.1. The maximum atomic E-state index is 13.1. The van der Waals surface area contributed by atoms with Crippen LogP contribution < -0.4 is 0 Å². The fourth-order valence-corrected chi connectivity index (χ4v) is 1.55. The lowest BCUT2D eigenvalue weighted by Crippen LogP contribution is -2.48. The normalized spacial score (nSPS) is 20.3. The Morgan fingerprint density at radius 2 is 1.53 bits per heavy atom. The number of hydrogen-bond acceptors (Lipinski definition) is 2. The van der Waals surface area contributed by atoms with Crippen molar-refractivity contribution in [2.75, 3.05) is 26.3 Å². The van der Waals surface area contributed by atoms with E-state index in [1.807, 2.05) is 0 Å². The van der Waals surface area contributed by atoms with Gasteiger partial charge < -0.3 is 9.64 Å². The molecule has 0 N–H and O–H groups in total. The van der Waals surface area contributed by atoms with Crippen LogP contribution in [-0.2, 0) is 4.74 Å². The van der Waals surface area contributed by atoms with Gasteiger partial charge in [-0.15, -0.1) is 0 Å². The van der Waals surface area contributed by atoms with Crippen LogP contribution in [0, 0.1) is 0 Å². The second kappa shape index (κ2) is 4.75. The number of halogens is 6. The molecule has 0 aromatic carbocycles. The molecule has 1 aliphatic rings. The van der Waals surface area contributed by atoms with Gasteiger partial charge in [0.15, 0.2) is 0 Å². The summed E-state index contributed by atoms with van der Waals surface area (Å²) >= 11 is 0. The molecule has 1 rings (SSSR count). The Hall–Kier alpha value is -0.920. The largest absolute Gasteiger partial charge is 0.459 e. The van der Waals surface area contributed by atoms with Crippen molar-refractivity contribution in [3.05, 3.63) is 11.5 Å². The van der Waals surface area contributed by atoms with E-state index in [2.05, 4.69) is 0 Å². The predicted molar refractivity (Wildman–Crippen MR) is 47.2 cm³/mol. The molecule has 0 bridgehead atoms. The number of ether oxygens (including phenoxy) is 1. The van der Waals surface area contributed by atoms with E-state index in [4.69, 9.17) is 4.74 Å². The van der Waals surface area contributed by atoms with E-state index in [1.54, 1.807) is 0 Å². The summed E-state index contributed by atoms with van der Waals surface area (Å²) in [5, 5.41) is 0. The van der Waals surface area contributed by atoms with Crippen molar-refractivity contribution in [2.24, 2.45) is 0 Å². The molecular weight excluding hydrogens is 252 g/mol. The third-order valence-electron chi connectivity index (χ3n) is 2.31. The number of allylic oxidation sites excluding steroid dienone is 2. The topological polar surface area (TPSA) is 12.5 Å². The van der Waals surface area contributed by atoms with Crippen LogP contribution in [-0.4, -0.2) is 43.3 Å². The Balaban J connectivity index is 3.06. The molecule has 0 saturated carbocycles. The summed E-state index contributed by atoms with van der Waals surface area (Å²) in [6.45, 7) is 0.185. The molecule has 1 aliphatic heterocycles. The quantitative estimate of drug-likeness (QED) is 0.710. The molecule has 0 amide bonds. The first-order valence-electron chi connectivity index (χ1n) is 4.82. The van der Waals surface area contributed by atoms with E-state index in [0.29, 0.717) is 11.8 Å². The molecule has 0 aromatic heterocycles. The predicted octanol–water partition coefficient (Wildman–Crippen LogP) is 2.72. The number of hydrogen-bond donors (Lipinski definition) is 0. The smallest absolute Gasteiger partial charge is 0.378 e. The highest BCUT2D eigenvalue weighted by Gasteiger charge is 2.62. The van der Waals surface area contributed by atoms with Gasteiger partial charge in [0.1, 0.15) is 11.5 Å². The van der Waals surface area contributed by atoms with Gasteiger partial charge >= 0.3 is 12.1 Å². The first-order valence-corrected chi connectivity index (χ1v) is 4.82. The second-order valence-electron chi connectivity index (χ2n) is 3.55. The molecule has 100 valence electrons. The highest BCUT2D eigenvalue weighted by Crippen LogP contribution is 2.43. The monoisotopic (exact) mass is 263 g/mol. The minimum atomic E-state index is -5.81. The lowest BCUT2D eigenvalue weighted by atomic mass is 10.1. The Kier molecular flexibility index (Phi) is 3.95. The second-order valence-corrected chi connectivity index (χ2v) is 3.55. The fourth-order valence-electron chi connectivity index (χ4n) is 1.55. The van der Waals surface area contributed by atoms with Gasteiger partial charge in [0.05, 0.1) is 13.2 Å². The summed E-state index contributed by atoms with van der Waals surface area (Å²) in [6, 6.07) is 0. The average molecular weight is 263 g/mol. The zero-order chi connectivity index (χ0) is 13.3. The Morgan fingerprint density at radius 1 is 1.06 bits per heavy atom. The third-order valence-corrected chi connectivity index (χ3v) is 2.31. The molecule has 1 saturated heterocycles. The van der Waals surface area contributed by atoms with Gasteiger partial charge in [-0.3, -0.25) is 0 Å². The molecule has 0 aliphatic carbocycles. The molecule has 0 atom stereocenters. The van der Waals surface area contributed by atoms with Crippen LogP contribution in [0.2, 0.25) is 0 Å². The van der Waals surface area contributed by atoms with Crippen LogP contribution in [0.15, 0.2) is 11.5 Å².